The molecule has 0 unspecified atom stereocenters. The SMILES string of the molecule is Cc1ccc(-c2nn(-c3ccccc3)cc2/C=C/C(=O)O)o1. The summed E-state index contributed by atoms with van der Waals surface area (Å²) in [7, 11) is 0. The first-order valence-corrected chi connectivity index (χ1v) is 6.76. The fourth-order valence-corrected chi connectivity index (χ4v) is 2.14. The molecule has 0 aliphatic heterocycles. The Bertz CT molecular complexity index is 829. The molecule has 0 spiro atoms. The molecule has 0 bridgehead atoms. The Hall–Kier alpha value is -3.08. The Morgan fingerprint density at radius 1 is 1.23 bits per heavy atom. The van der Waals surface area contributed by atoms with Gasteiger partial charge in [0.2, 0.25) is 0 Å². The highest BCUT2D eigenvalue weighted by atomic mass is 16.4. The molecule has 2 aromatic heterocycles. The van der Waals surface area contributed by atoms with E-state index in [9.17, 15) is 4.79 Å². The summed E-state index contributed by atoms with van der Waals surface area (Å²) < 4.78 is 7.31. The molecule has 3 rings (SSSR count). The van der Waals surface area contributed by atoms with Crippen LogP contribution in [0.5, 0.6) is 0 Å². The van der Waals surface area contributed by atoms with Gasteiger partial charge in [0.25, 0.3) is 0 Å². The number of rotatable bonds is 4. The van der Waals surface area contributed by atoms with Crippen molar-refractivity contribution in [2.45, 2.75) is 6.92 Å². The van der Waals surface area contributed by atoms with Gasteiger partial charge in [0.15, 0.2) is 5.76 Å². The van der Waals surface area contributed by atoms with Crippen molar-refractivity contribution in [1.82, 2.24) is 9.78 Å². The molecule has 22 heavy (non-hydrogen) atoms. The van der Waals surface area contributed by atoms with Gasteiger partial charge >= 0.3 is 5.97 Å². The average molecular weight is 294 g/mol. The van der Waals surface area contributed by atoms with Gasteiger partial charge in [0.1, 0.15) is 11.5 Å². The predicted molar refractivity (Wildman–Crippen MR) is 82.7 cm³/mol. The molecule has 1 aromatic carbocycles. The molecule has 0 radical (unpaired) electrons. The van der Waals surface area contributed by atoms with Crippen LogP contribution in [0.1, 0.15) is 11.3 Å². The second-order valence-electron chi connectivity index (χ2n) is 4.80. The maximum Gasteiger partial charge on any atom is 0.328 e. The van der Waals surface area contributed by atoms with Crippen LogP contribution < -0.4 is 0 Å². The largest absolute Gasteiger partial charge is 0.478 e. The van der Waals surface area contributed by atoms with Crippen LogP contribution in [0, 0.1) is 6.92 Å². The summed E-state index contributed by atoms with van der Waals surface area (Å²) >= 11 is 0. The highest BCUT2D eigenvalue weighted by Crippen LogP contribution is 2.26. The van der Waals surface area contributed by atoms with Crippen molar-refractivity contribution in [3.05, 3.63) is 66.1 Å². The van der Waals surface area contributed by atoms with E-state index in [-0.39, 0.29) is 0 Å². The summed E-state index contributed by atoms with van der Waals surface area (Å²) in [5.74, 6) is 0.378. The molecule has 0 aliphatic carbocycles. The monoisotopic (exact) mass is 294 g/mol. The van der Waals surface area contributed by atoms with Crippen molar-refractivity contribution in [2.24, 2.45) is 0 Å². The zero-order valence-corrected chi connectivity index (χ0v) is 11.9. The number of nitrogens with zero attached hydrogens (tertiary/aromatic N) is 2. The molecule has 0 saturated carbocycles. The first-order valence-electron chi connectivity index (χ1n) is 6.76. The standard InChI is InChI=1S/C17H14N2O3/c1-12-7-9-15(22-12)17-13(8-10-16(20)21)11-19(18-17)14-5-3-2-4-6-14/h2-11H,1H3,(H,20,21)/b10-8+. The predicted octanol–water partition coefficient (Wildman–Crippen LogP) is 3.54. The second-order valence-corrected chi connectivity index (χ2v) is 4.80. The lowest BCUT2D eigenvalue weighted by atomic mass is 10.2. The van der Waals surface area contributed by atoms with Gasteiger partial charge in [-0.05, 0) is 37.3 Å². The van der Waals surface area contributed by atoms with Crippen molar-refractivity contribution in [3.8, 4) is 17.1 Å². The van der Waals surface area contributed by atoms with Crippen LogP contribution in [0.4, 0.5) is 0 Å². The highest BCUT2D eigenvalue weighted by molar-refractivity contribution is 5.86. The van der Waals surface area contributed by atoms with Crippen LogP contribution in [-0.4, -0.2) is 20.9 Å². The summed E-state index contributed by atoms with van der Waals surface area (Å²) in [6.07, 6.45) is 4.38. The fourth-order valence-electron chi connectivity index (χ4n) is 2.14. The normalized spacial score (nSPS) is 11.1. The van der Waals surface area contributed by atoms with Gasteiger partial charge in [-0.2, -0.15) is 5.10 Å². The maximum absolute atomic E-state index is 10.8. The Morgan fingerprint density at radius 3 is 2.64 bits per heavy atom. The van der Waals surface area contributed by atoms with E-state index in [1.165, 1.54) is 6.08 Å². The van der Waals surface area contributed by atoms with E-state index in [4.69, 9.17) is 9.52 Å². The van der Waals surface area contributed by atoms with E-state index in [1.807, 2.05) is 49.4 Å². The van der Waals surface area contributed by atoms with Crippen LogP contribution in [0.2, 0.25) is 0 Å². The first-order chi connectivity index (χ1) is 10.6. The number of carbonyl (C=O) groups is 1. The van der Waals surface area contributed by atoms with E-state index in [1.54, 1.807) is 10.9 Å². The van der Waals surface area contributed by atoms with Crippen LogP contribution >= 0.6 is 0 Å². The number of aryl methyl sites for hydroxylation is 1. The smallest absolute Gasteiger partial charge is 0.328 e. The lowest BCUT2D eigenvalue weighted by Gasteiger charge is -1.98. The highest BCUT2D eigenvalue weighted by Gasteiger charge is 2.13. The molecule has 0 amide bonds. The molecular formula is C17H14N2O3. The minimum Gasteiger partial charge on any atom is -0.478 e. The van der Waals surface area contributed by atoms with Crippen molar-refractivity contribution in [2.75, 3.05) is 0 Å². The van der Waals surface area contributed by atoms with Crippen molar-refractivity contribution in [3.63, 3.8) is 0 Å². The Kier molecular flexibility index (Phi) is 3.62. The Labute approximate surface area is 127 Å². The number of carboxylic acid groups (broad SMARTS) is 1. The molecule has 0 aliphatic rings. The quantitative estimate of drug-likeness (QED) is 0.747. The van der Waals surface area contributed by atoms with Crippen molar-refractivity contribution in [1.29, 1.82) is 0 Å². The van der Waals surface area contributed by atoms with Crippen LogP contribution in [-0.2, 0) is 4.79 Å². The van der Waals surface area contributed by atoms with E-state index in [0.29, 0.717) is 17.0 Å². The Morgan fingerprint density at radius 2 is 2.00 bits per heavy atom. The zero-order chi connectivity index (χ0) is 15.5. The Balaban J connectivity index is 2.10. The van der Waals surface area contributed by atoms with Crippen LogP contribution in [0.3, 0.4) is 0 Å². The minimum absolute atomic E-state index is 0.606. The molecule has 5 heteroatoms. The van der Waals surface area contributed by atoms with Gasteiger partial charge in [-0.25, -0.2) is 9.48 Å². The van der Waals surface area contributed by atoms with E-state index < -0.39 is 5.97 Å². The number of hydrogen-bond acceptors (Lipinski definition) is 3. The van der Waals surface area contributed by atoms with Crippen LogP contribution in [0.25, 0.3) is 23.2 Å². The number of furan rings is 1. The van der Waals surface area contributed by atoms with Gasteiger partial charge in [0, 0.05) is 17.8 Å². The van der Waals surface area contributed by atoms with Gasteiger partial charge in [0.05, 0.1) is 5.69 Å². The molecule has 3 aromatic rings. The summed E-state index contributed by atoms with van der Waals surface area (Å²) in [5.41, 5.74) is 2.18. The van der Waals surface area contributed by atoms with Crippen molar-refractivity contribution >= 4 is 12.0 Å². The third-order valence-electron chi connectivity index (χ3n) is 3.14. The average Bonchev–Trinajstić information content (AvgIpc) is 3.12. The molecule has 110 valence electrons. The van der Waals surface area contributed by atoms with E-state index in [0.717, 1.165) is 17.5 Å². The summed E-state index contributed by atoms with van der Waals surface area (Å²) in [6, 6.07) is 13.3. The van der Waals surface area contributed by atoms with Crippen molar-refractivity contribution < 1.29 is 14.3 Å². The maximum atomic E-state index is 10.8. The lowest BCUT2D eigenvalue weighted by molar-refractivity contribution is -0.131. The topological polar surface area (TPSA) is 68.3 Å². The number of benzene rings is 1. The molecule has 0 atom stereocenters. The van der Waals surface area contributed by atoms with Gasteiger partial charge < -0.3 is 9.52 Å². The molecule has 5 nitrogen and oxygen atoms in total. The zero-order valence-electron chi connectivity index (χ0n) is 11.9. The number of carboxylic acids is 1. The fraction of sp³-hybridized carbons (Fsp3) is 0.0588. The van der Waals surface area contributed by atoms with Crippen LogP contribution in [0.15, 0.2) is 59.2 Å². The summed E-state index contributed by atoms with van der Waals surface area (Å²) in [6.45, 7) is 1.85. The molecule has 0 saturated heterocycles. The van der Waals surface area contributed by atoms with Gasteiger partial charge in [-0.15, -0.1) is 0 Å². The molecular weight excluding hydrogens is 280 g/mol. The molecule has 2 heterocycles. The number of para-hydroxylation sites is 1. The third kappa shape index (κ3) is 2.83. The van der Waals surface area contributed by atoms with Gasteiger partial charge in [-0.1, -0.05) is 18.2 Å². The minimum atomic E-state index is -1.01. The van der Waals surface area contributed by atoms with E-state index >= 15 is 0 Å². The summed E-state index contributed by atoms with van der Waals surface area (Å²) in [4.78, 5) is 10.8. The number of aliphatic carboxylic acids is 1. The van der Waals surface area contributed by atoms with Gasteiger partial charge in [-0.3, -0.25) is 0 Å². The molecule has 1 N–H and O–H groups in total. The number of aromatic nitrogens is 2. The third-order valence-corrected chi connectivity index (χ3v) is 3.14. The lowest BCUT2D eigenvalue weighted by Crippen LogP contribution is -1.93. The van der Waals surface area contributed by atoms with E-state index in [2.05, 4.69) is 5.10 Å². The molecule has 0 fully saturated rings. The number of hydrogen-bond donors (Lipinski definition) is 1. The first kappa shape index (κ1) is 13.9. The second kappa shape index (κ2) is 5.73. The summed E-state index contributed by atoms with van der Waals surface area (Å²) in [5, 5.41) is 13.3.